The molecular weight excluding hydrogens is 472 g/mol. The molecule has 2 saturated heterocycles. The third kappa shape index (κ3) is 6.45. The minimum absolute atomic E-state index is 0.179. The lowest BCUT2D eigenvalue weighted by Gasteiger charge is -2.13. The summed E-state index contributed by atoms with van der Waals surface area (Å²) in [4.78, 5) is 0. The van der Waals surface area contributed by atoms with Crippen LogP contribution in [0.3, 0.4) is 0 Å². The minimum atomic E-state index is 0.179. The maximum absolute atomic E-state index is 6.01. The first kappa shape index (κ1) is 24.7. The second kappa shape index (κ2) is 11.8. The molecule has 2 aliphatic heterocycles. The molecule has 0 N–H and O–H groups in total. The van der Waals surface area contributed by atoms with E-state index in [0.29, 0.717) is 13.2 Å². The number of ether oxygens (including phenoxy) is 4. The SMILES string of the molecule is c1cc(Cc2ccc(O[C@H]3CCOC3)cc2)cc(-c2cccc(Cc3ccc(O[C@H]4CCOC4)cc3)c2)c1. The Hall–Kier alpha value is -3.60. The van der Waals surface area contributed by atoms with Gasteiger partial charge in [-0.25, -0.2) is 0 Å². The Morgan fingerprint density at radius 1 is 0.526 bits per heavy atom. The molecule has 0 unspecified atom stereocenters. The van der Waals surface area contributed by atoms with Crippen LogP contribution in [0.5, 0.6) is 11.5 Å². The third-order valence-electron chi connectivity index (χ3n) is 7.23. The van der Waals surface area contributed by atoms with Gasteiger partial charge >= 0.3 is 0 Å². The standard InChI is InChI=1S/C34H34O4/c1-3-27(19-25-7-11-31(12-8-25)37-33-15-17-35-23-33)21-29(5-1)30-6-2-4-28(22-30)20-26-9-13-32(14-10-26)38-34-16-18-36-24-34/h1-14,21-22,33-34H,15-20,23-24H2/t33-,34-/m0/s1. The van der Waals surface area contributed by atoms with E-state index in [2.05, 4.69) is 97.1 Å². The summed E-state index contributed by atoms with van der Waals surface area (Å²) < 4.78 is 22.8. The van der Waals surface area contributed by atoms with Crippen molar-refractivity contribution < 1.29 is 18.9 Å². The highest BCUT2D eigenvalue weighted by Gasteiger charge is 2.18. The lowest BCUT2D eigenvalue weighted by Crippen LogP contribution is -2.15. The van der Waals surface area contributed by atoms with Gasteiger partial charge in [0, 0.05) is 12.8 Å². The predicted octanol–water partition coefficient (Wildman–Crippen LogP) is 6.87. The Morgan fingerprint density at radius 2 is 0.974 bits per heavy atom. The van der Waals surface area contributed by atoms with Crippen molar-refractivity contribution in [3.8, 4) is 22.6 Å². The van der Waals surface area contributed by atoms with Gasteiger partial charge in [-0.05, 0) is 70.5 Å². The predicted molar refractivity (Wildman–Crippen MR) is 150 cm³/mol. The van der Waals surface area contributed by atoms with Crippen molar-refractivity contribution in [2.45, 2.75) is 37.9 Å². The summed E-state index contributed by atoms with van der Waals surface area (Å²) in [6, 6.07) is 34.7. The Balaban J connectivity index is 1.09. The zero-order valence-corrected chi connectivity index (χ0v) is 21.7. The molecule has 0 saturated carbocycles. The van der Waals surface area contributed by atoms with Gasteiger partial charge < -0.3 is 18.9 Å². The first-order valence-electron chi connectivity index (χ1n) is 13.6. The molecule has 2 aliphatic rings. The first-order valence-corrected chi connectivity index (χ1v) is 13.6. The molecule has 2 atom stereocenters. The van der Waals surface area contributed by atoms with Crippen molar-refractivity contribution in [3.63, 3.8) is 0 Å². The molecule has 6 rings (SSSR count). The summed E-state index contributed by atoms with van der Waals surface area (Å²) in [6.07, 6.45) is 4.07. The van der Waals surface area contributed by atoms with Gasteiger partial charge in [-0.2, -0.15) is 0 Å². The summed E-state index contributed by atoms with van der Waals surface area (Å²) in [5, 5.41) is 0. The van der Waals surface area contributed by atoms with Gasteiger partial charge in [0.1, 0.15) is 23.7 Å². The Kier molecular flexibility index (Phi) is 7.71. The molecule has 0 aromatic heterocycles. The molecule has 0 radical (unpaired) electrons. The average Bonchev–Trinajstić information content (AvgIpc) is 3.66. The van der Waals surface area contributed by atoms with Crippen molar-refractivity contribution >= 4 is 0 Å². The molecular formula is C34H34O4. The molecule has 0 bridgehead atoms. The molecule has 38 heavy (non-hydrogen) atoms. The van der Waals surface area contributed by atoms with Gasteiger partial charge in [0.15, 0.2) is 0 Å². The maximum atomic E-state index is 6.01. The van der Waals surface area contributed by atoms with Crippen LogP contribution >= 0.6 is 0 Å². The molecule has 0 spiro atoms. The summed E-state index contributed by atoms with van der Waals surface area (Å²) >= 11 is 0. The minimum Gasteiger partial charge on any atom is -0.488 e. The van der Waals surface area contributed by atoms with Crippen molar-refractivity contribution in [1.82, 2.24) is 0 Å². The smallest absolute Gasteiger partial charge is 0.124 e. The van der Waals surface area contributed by atoms with Crippen LogP contribution < -0.4 is 9.47 Å². The van der Waals surface area contributed by atoms with Gasteiger partial charge in [0.05, 0.1) is 26.4 Å². The monoisotopic (exact) mass is 506 g/mol. The highest BCUT2D eigenvalue weighted by molar-refractivity contribution is 5.65. The van der Waals surface area contributed by atoms with E-state index in [1.807, 2.05) is 0 Å². The van der Waals surface area contributed by atoms with E-state index in [9.17, 15) is 0 Å². The summed E-state index contributed by atoms with van der Waals surface area (Å²) in [5.74, 6) is 1.83. The topological polar surface area (TPSA) is 36.9 Å². The largest absolute Gasteiger partial charge is 0.488 e. The third-order valence-corrected chi connectivity index (χ3v) is 7.23. The van der Waals surface area contributed by atoms with Crippen molar-refractivity contribution in [3.05, 3.63) is 119 Å². The van der Waals surface area contributed by atoms with E-state index in [0.717, 1.165) is 50.4 Å². The van der Waals surface area contributed by atoms with Crippen LogP contribution in [-0.2, 0) is 22.3 Å². The molecule has 4 aromatic carbocycles. The molecule has 194 valence electrons. The van der Waals surface area contributed by atoms with E-state index in [1.54, 1.807) is 0 Å². The molecule has 4 aromatic rings. The van der Waals surface area contributed by atoms with Crippen LogP contribution in [0.25, 0.3) is 11.1 Å². The summed E-state index contributed by atoms with van der Waals surface area (Å²) in [7, 11) is 0. The van der Waals surface area contributed by atoms with E-state index in [4.69, 9.17) is 18.9 Å². The Labute approximate surface area is 225 Å². The molecule has 4 heteroatoms. The molecule has 2 heterocycles. The van der Waals surface area contributed by atoms with Crippen LogP contribution in [0.4, 0.5) is 0 Å². The van der Waals surface area contributed by atoms with Crippen LogP contribution in [0, 0.1) is 0 Å². The molecule has 0 amide bonds. The van der Waals surface area contributed by atoms with E-state index in [-0.39, 0.29) is 12.2 Å². The fraction of sp³-hybridized carbons (Fsp3) is 0.294. The molecule has 0 aliphatic carbocycles. The summed E-state index contributed by atoms with van der Waals surface area (Å²) in [6.45, 7) is 2.96. The van der Waals surface area contributed by atoms with Crippen LogP contribution in [0.15, 0.2) is 97.1 Å². The highest BCUT2D eigenvalue weighted by atomic mass is 16.5. The van der Waals surface area contributed by atoms with E-state index < -0.39 is 0 Å². The molecule has 4 nitrogen and oxygen atoms in total. The lowest BCUT2D eigenvalue weighted by molar-refractivity contribution is 0.141. The Bertz CT molecular complexity index is 1210. The van der Waals surface area contributed by atoms with Gasteiger partial charge in [-0.1, -0.05) is 72.8 Å². The van der Waals surface area contributed by atoms with Gasteiger partial charge in [0.25, 0.3) is 0 Å². The van der Waals surface area contributed by atoms with Gasteiger partial charge in [-0.15, -0.1) is 0 Å². The zero-order valence-electron chi connectivity index (χ0n) is 21.7. The van der Waals surface area contributed by atoms with Crippen LogP contribution in [-0.4, -0.2) is 38.6 Å². The number of hydrogen-bond donors (Lipinski definition) is 0. The van der Waals surface area contributed by atoms with Gasteiger partial charge in [-0.3, -0.25) is 0 Å². The van der Waals surface area contributed by atoms with Crippen LogP contribution in [0.2, 0.25) is 0 Å². The quantitative estimate of drug-likeness (QED) is 0.248. The fourth-order valence-electron chi connectivity index (χ4n) is 5.16. The van der Waals surface area contributed by atoms with Crippen molar-refractivity contribution in [2.75, 3.05) is 26.4 Å². The lowest BCUT2D eigenvalue weighted by atomic mass is 9.96. The van der Waals surface area contributed by atoms with Gasteiger partial charge in [0.2, 0.25) is 0 Å². The second-order valence-electron chi connectivity index (χ2n) is 10.2. The van der Waals surface area contributed by atoms with Crippen LogP contribution in [0.1, 0.15) is 35.1 Å². The van der Waals surface area contributed by atoms with Crippen molar-refractivity contribution in [2.24, 2.45) is 0 Å². The number of benzene rings is 4. The average molecular weight is 507 g/mol. The highest BCUT2D eigenvalue weighted by Crippen LogP contribution is 2.26. The first-order chi connectivity index (χ1) is 18.8. The number of rotatable bonds is 9. The second-order valence-corrected chi connectivity index (χ2v) is 10.2. The van der Waals surface area contributed by atoms with E-state index >= 15 is 0 Å². The fourth-order valence-corrected chi connectivity index (χ4v) is 5.16. The van der Waals surface area contributed by atoms with Crippen molar-refractivity contribution in [1.29, 1.82) is 0 Å². The maximum Gasteiger partial charge on any atom is 0.124 e. The molecule has 2 fully saturated rings. The summed E-state index contributed by atoms with van der Waals surface area (Å²) in [5.41, 5.74) is 7.64. The number of hydrogen-bond acceptors (Lipinski definition) is 4. The van der Waals surface area contributed by atoms with E-state index in [1.165, 1.54) is 33.4 Å². The Morgan fingerprint density at radius 3 is 1.37 bits per heavy atom. The zero-order chi connectivity index (χ0) is 25.6. The normalized spacial score (nSPS) is 18.9.